The summed E-state index contributed by atoms with van der Waals surface area (Å²) in [6.45, 7) is 0. The van der Waals surface area contributed by atoms with E-state index in [1.54, 1.807) is 24.3 Å². The SMILES string of the molecule is N=C(N)c1ccccc1.Nc1ccccc1C(=O)Cl. The maximum Gasteiger partial charge on any atom is 0.254 e. The fraction of sp³-hybridized carbons (Fsp3) is 0. The Bertz CT molecular complexity index is 570. The van der Waals surface area contributed by atoms with Crippen molar-refractivity contribution in [3.8, 4) is 0 Å². The predicted octanol–water partition coefficient (Wildman–Crippen LogP) is 2.62. The van der Waals surface area contributed by atoms with Crippen molar-refractivity contribution in [2.75, 3.05) is 5.73 Å². The van der Waals surface area contributed by atoms with Gasteiger partial charge in [-0.15, -0.1) is 0 Å². The zero-order valence-electron chi connectivity index (χ0n) is 10.1. The lowest BCUT2D eigenvalue weighted by atomic mass is 10.2. The Labute approximate surface area is 116 Å². The van der Waals surface area contributed by atoms with Crippen LogP contribution in [-0.2, 0) is 0 Å². The van der Waals surface area contributed by atoms with Gasteiger partial charge in [0.2, 0.25) is 0 Å². The van der Waals surface area contributed by atoms with E-state index in [1.807, 2.05) is 30.3 Å². The molecule has 0 heterocycles. The van der Waals surface area contributed by atoms with Gasteiger partial charge in [-0.05, 0) is 23.7 Å². The van der Waals surface area contributed by atoms with E-state index in [-0.39, 0.29) is 5.84 Å². The van der Waals surface area contributed by atoms with Crippen LogP contribution >= 0.6 is 11.6 Å². The Balaban J connectivity index is 0.000000191. The number of nitrogens with one attached hydrogen (secondary N) is 1. The molecule has 0 bridgehead atoms. The molecule has 0 unspecified atom stereocenters. The second kappa shape index (κ2) is 7.18. The highest BCUT2D eigenvalue weighted by atomic mass is 35.5. The number of halogens is 1. The summed E-state index contributed by atoms with van der Waals surface area (Å²) >= 11 is 5.19. The van der Waals surface area contributed by atoms with Crippen LogP contribution in [0.2, 0.25) is 0 Å². The van der Waals surface area contributed by atoms with Gasteiger partial charge in [-0.1, -0.05) is 42.5 Å². The number of nitrogens with two attached hydrogens (primary N) is 2. The van der Waals surface area contributed by atoms with Crippen LogP contribution in [0.15, 0.2) is 54.6 Å². The van der Waals surface area contributed by atoms with Gasteiger partial charge in [0.25, 0.3) is 5.24 Å². The normalized spacial score (nSPS) is 9.11. The Morgan fingerprint density at radius 1 is 1.00 bits per heavy atom. The van der Waals surface area contributed by atoms with Crippen molar-refractivity contribution in [2.45, 2.75) is 0 Å². The lowest BCUT2D eigenvalue weighted by Crippen LogP contribution is -2.10. The fourth-order valence-corrected chi connectivity index (χ4v) is 1.47. The third-order valence-electron chi connectivity index (χ3n) is 2.26. The Morgan fingerprint density at radius 2 is 1.53 bits per heavy atom. The van der Waals surface area contributed by atoms with Crippen molar-refractivity contribution in [1.29, 1.82) is 5.41 Å². The van der Waals surface area contributed by atoms with Crippen LogP contribution in [0.4, 0.5) is 5.69 Å². The Kier molecular flexibility index (Phi) is 5.57. The molecule has 0 saturated carbocycles. The lowest BCUT2D eigenvalue weighted by molar-refractivity contribution is 0.108. The van der Waals surface area contributed by atoms with E-state index in [2.05, 4.69) is 0 Å². The van der Waals surface area contributed by atoms with Crippen LogP contribution in [0.25, 0.3) is 0 Å². The first-order valence-corrected chi connectivity index (χ1v) is 5.84. The molecule has 5 N–H and O–H groups in total. The second-order valence-corrected chi connectivity index (χ2v) is 3.98. The number of hydrogen-bond acceptors (Lipinski definition) is 3. The molecule has 0 atom stereocenters. The maximum absolute atomic E-state index is 10.6. The van der Waals surface area contributed by atoms with Crippen LogP contribution in [0.5, 0.6) is 0 Å². The van der Waals surface area contributed by atoms with Crippen LogP contribution in [0.3, 0.4) is 0 Å². The largest absolute Gasteiger partial charge is 0.398 e. The highest BCUT2D eigenvalue weighted by Crippen LogP contribution is 2.12. The molecule has 0 aliphatic rings. The summed E-state index contributed by atoms with van der Waals surface area (Å²) < 4.78 is 0. The van der Waals surface area contributed by atoms with Gasteiger partial charge in [0, 0.05) is 11.3 Å². The monoisotopic (exact) mass is 275 g/mol. The van der Waals surface area contributed by atoms with Crippen LogP contribution < -0.4 is 11.5 Å². The lowest BCUT2D eigenvalue weighted by Gasteiger charge is -1.96. The van der Waals surface area contributed by atoms with Crippen LogP contribution in [-0.4, -0.2) is 11.1 Å². The van der Waals surface area contributed by atoms with Gasteiger partial charge < -0.3 is 11.5 Å². The minimum absolute atomic E-state index is 0.121. The molecule has 2 aromatic carbocycles. The van der Waals surface area contributed by atoms with E-state index < -0.39 is 5.24 Å². The minimum Gasteiger partial charge on any atom is -0.398 e. The number of para-hydroxylation sites is 1. The molecule has 2 rings (SSSR count). The van der Waals surface area contributed by atoms with Gasteiger partial charge >= 0.3 is 0 Å². The number of nitrogen functional groups attached to an aromatic ring is 2. The van der Waals surface area contributed by atoms with Crippen molar-refractivity contribution in [1.82, 2.24) is 0 Å². The number of benzene rings is 2. The first-order chi connectivity index (χ1) is 9.02. The van der Waals surface area contributed by atoms with Gasteiger partial charge in [-0.2, -0.15) is 0 Å². The van der Waals surface area contributed by atoms with E-state index in [1.165, 1.54) is 0 Å². The van der Waals surface area contributed by atoms with Gasteiger partial charge in [-0.3, -0.25) is 10.2 Å². The van der Waals surface area contributed by atoms with Gasteiger partial charge in [-0.25, -0.2) is 0 Å². The maximum atomic E-state index is 10.6. The summed E-state index contributed by atoms with van der Waals surface area (Å²) in [5.74, 6) is 0.121. The molecule has 5 heteroatoms. The van der Waals surface area contributed by atoms with Crippen molar-refractivity contribution < 1.29 is 4.79 Å². The molecule has 0 aliphatic heterocycles. The highest BCUT2D eigenvalue weighted by Gasteiger charge is 2.03. The van der Waals surface area contributed by atoms with Crippen molar-refractivity contribution in [3.05, 3.63) is 65.7 Å². The Hall–Kier alpha value is -2.33. The second-order valence-electron chi connectivity index (χ2n) is 3.64. The molecule has 0 amide bonds. The zero-order valence-corrected chi connectivity index (χ0v) is 10.9. The average Bonchev–Trinajstić information content (AvgIpc) is 2.40. The standard InChI is InChI=1S/C7H6ClNO.C7H8N2/c8-7(10)5-3-1-2-4-6(5)9;8-7(9)6-4-2-1-3-5-6/h1-4H,9H2;1-5H,(H3,8,9). The molecule has 0 radical (unpaired) electrons. The number of hydrogen-bond donors (Lipinski definition) is 3. The number of anilines is 1. The molecule has 0 spiro atoms. The first-order valence-electron chi connectivity index (χ1n) is 5.46. The molecule has 0 saturated heterocycles. The summed E-state index contributed by atoms with van der Waals surface area (Å²) in [7, 11) is 0. The zero-order chi connectivity index (χ0) is 14.3. The van der Waals surface area contributed by atoms with Crippen molar-refractivity contribution in [3.63, 3.8) is 0 Å². The molecule has 0 fully saturated rings. The molecular formula is C14H14ClN3O. The summed E-state index contributed by atoms with van der Waals surface area (Å²) in [6, 6.07) is 15.9. The van der Waals surface area contributed by atoms with E-state index in [4.69, 9.17) is 28.5 Å². The third kappa shape index (κ3) is 4.81. The summed E-state index contributed by atoms with van der Waals surface area (Å²) in [6.07, 6.45) is 0. The minimum atomic E-state index is -0.516. The quantitative estimate of drug-likeness (QED) is 0.340. The first kappa shape index (κ1) is 14.7. The molecular weight excluding hydrogens is 262 g/mol. The number of carbonyl (C=O) groups is 1. The number of rotatable bonds is 2. The summed E-state index contributed by atoms with van der Waals surface area (Å²) in [5.41, 5.74) is 12.2. The predicted molar refractivity (Wildman–Crippen MR) is 78.5 cm³/mol. The fourth-order valence-electron chi connectivity index (χ4n) is 1.29. The highest BCUT2D eigenvalue weighted by molar-refractivity contribution is 6.68. The van der Waals surface area contributed by atoms with Gasteiger partial charge in [0.15, 0.2) is 0 Å². The van der Waals surface area contributed by atoms with E-state index >= 15 is 0 Å². The van der Waals surface area contributed by atoms with E-state index in [0.717, 1.165) is 5.56 Å². The summed E-state index contributed by atoms with van der Waals surface area (Å²) in [5, 5.41) is 6.50. The number of amidine groups is 1. The molecule has 0 aliphatic carbocycles. The summed E-state index contributed by atoms with van der Waals surface area (Å²) in [4.78, 5) is 10.6. The Morgan fingerprint density at radius 3 is 1.89 bits per heavy atom. The number of carbonyl (C=O) groups excluding carboxylic acids is 1. The van der Waals surface area contributed by atoms with Crippen LogP contribution in [0, 0.1) is 5.41 Å². The van der Waals surface area contributed by atoms with Crippen LogP contribution in [0.1, 0.15) is 15.9 Å². The molecule has 98 valence electrons. The smallest absolute Gasteiger partial charge is 0.254 e. The molecule has 4 nitrogen and oxygen atoms in total. The van der Waals surface area contributed by atoms with Crippen molar-refractivity contribution >= 4 is 28.4 Å². The van der Waals surface area contributed by atoms with Crippen molar-refractivity contribution in [2.24, 2.45) is 5.73 Å². The van der Waals surface area contributed by atoms with Gasteiger partial charge in [0.05, 0.1) is 5.56 Å². The molecule has 19 heavy (non-hydrogen) atoms. The average molecular weight is 276 g/mol. The van der Waals surface area contributed by atoms with Gasteiger partial charge in [0.1, 0.15) is 5.84 Å². The van der Waals surface area contributed by atoms with E-state index in [0.29, 0.717) is 11.3 Å². The topological polar surface area (TPSA) is 93.0 Å². The third-order valence-corrected chi connectivity index (χ3v) is 2.46. The molecule has 0 aromatic heterocycles. The molecule has 2 aromatic rings. The van der Waals surface area contributed by atoms with E-state index in [9.17, 15) is 4.79 Å².